The van der Waals surface area contributed by atoms with Crippen molar-refractivity contribution in [3.8, 4) is 11.5 Å². The maximum absolute atomic E-state index is 12.5. The summed E-state index contributed by atoms with van der Waals surface area (Å²) in [4.78, 5) is 29.2. The third kappa shape index (κ3) is 6.69. The van der Waals surface area contributed by atoms with Gasteiger partial charge in [0.1, 0.15) is 0 Å². The van der Waals surface area contributed by atoms with E-state index < -0.39 is 0 Å². The number of carbonyl (C=O) groups is 2. The lowest BCUT2D eigenvalue weighted by molar-refractivity contribution is -0.132. The maximum atomic E-state index is 12.5. The third-order valence-corrected chi connectivity index (χ3v) is 5.35. The lowest BCUT2D eigenvalue weighted by Gasteiger charge is -2.34. The van der Waals surface area contributed by atoms with Gasteiger partial charge in [-0.25, -0.2) is 0 Å². The van der Waals surface area contributed by atoms with Crippen LogP contribution in [0.25, 0.3) is 6.08 Å². The van der Waals surface area contributed by atoms with Gasteiger partial charge in [0, 0.05) is 51.1 Å². The van der Waals surface area contributed by atoms with Gasteiger partial charge in [-0.15, -0.1) is 0 Å². The minimum atomic E-state index is -0.126. The van der Waals surface area contributed by atoms with E-state index in [1.165, 1.54) is 17.7 Å². The first-order valence-electron chi connectivity index (χ1n) is 10.8. The lowest BCUT2D eigenvalue weighted by atomic mass is 10.1. The van der Waals surface area contributed by atoms with Gasteiger partial charge in [-0.05, 0) is 30.7 Å². The summed E-state index contributed by atoms with van der Waals surface area (Å²) in [6.07, 6.45) is 4.61. The van der Waals surface area contributed by atoms with Gasteiger partial charge in [-0.1, -0.05) is 42.5 Å². The number of amides is 1. The van der Waals surface area contributed by atoms with Gasteiger partial charge in [-0.3, -0.25) is 14.5 Å². The number of carbonyl (C=O) groups excluding carboxylic acids is 2. The topological polar surface area (TPSA) is 70.1 Å². The van der Waals surface area contributed by atoms with E-state index in [4.69, 9.17) is 4.74 Å². The molecule has 0 spiro atoms. The van der Waals surface area contributed by atoms with Gasteiger partial charge < -0.3 is 14.7 Å². The monoisotopic (exact) mass is 422 g/mol. The molecule has 31 heavy (non-hydrogen) atoms. The minimum absolute atomic E-state index is 0.00552. The number of phenols is 1. The first-order chi connectivity index (χ1) is 15.1. The van der Waals surface area contributed by atoms with Crippen molar-refractivity contribution in [2.24, 2.45) is 0 Å². The quantitative estimate of drug-likeness (QED) is 0.625. The molecule has 3 rings (SSSR count). The Kier molecular flexibility index (Phi) is 8.24. The highest BCUT2D eigenvalue weighted by Gasteiger charge is 2.21. The number of aromatic hydroxyl groups is 1. The molecule has 164 valence electrons. The number of nitrogens with zero attached hydrogens (tertiary/aromatic N) is 2. The van der Waals surface area contributed by atoms with Crippen LogP contribution in [0.3, 0.4) is 0 Å². The van der Waals surface area contributed by atoms with Crippen LogP contribution in [0.5, 0.6) is 11.5 Å². The van der Waals surface area contributed by atoms with Crippen LogP contribution in [0.2, 0.25) is 0 Å². The molecule has 0 aliphatic carbocycles. The Hall–Kier alpha value is -3.12. The van der Waals surface area contributed by atoms with Crippen molar-refractivity contribution in [2.75, 3.05) is 39.3 Å². The van der Waals surface area contributed by atoms with E-state index in [-0.39, 0.29) is 36.0 Å². The Labute approximate surface area is 183 Å². The fourth-order valence-electron chi connectivity index (χ4n) is 3.56. The molecule has 2 aromatic carbocycles. The summed E-state index contributed by atoms with van der Waals surface area (Å²) in [5, 5.41) is 9.76. The molecule has 1 N–H and O–H groups in total. The number of rotatable bonds is 9. The minimum Gasteiger partial charge on any atom is -0.504 e. The van der Waals surface area contributed by atoms with Crippen LogP contribution >= 0.6 is 0 Å². The van der Waals surface area contributed by atoms with E-state index in [0.29, 0.717) is 25.3 Å². The predicted molar refractivity (Wildman–Crippen MR) is 121 cm³/mol. The van der Waals surface area contributed by atoms with Crippen LogP contribution in [0.15, 0.2) is 54.6 Å². The van der Waals surface area contributed by atoms with Crippen molar-refractivity contribution in [1.29, 1.82) is 0 Å². The molecular weight excluding hydrogens is 392 g/mol. The standard InChI is InChI=1S/C25H30N2O4/c1-2-31-24-19-21(10-11-23(24)29)22(28)12-13-25(30)27-17-15-26(16-18-27)14-6-9-20-7-4-3-5-8-20/h3-11,19,29H,2,12-18H2,1H3. The van der Waals surface area contributed by atoms with E-state index in [1.54, 1.807) is 6.07 Å². The third-order valence-electron chi connectivity index (χ3n) is 5.35. The summed E-state index contributed by atoms with van der Waals surface area (Å²) in [6.45, 7) is 6.09. The molecule has 0 saturated carbocycles. The first kappa shape index (κ1) is 22.6. The van der Waals surface area contributed by atoms with Crippen LogP contribution in [0.1, 0.15) is 35.7 Å². The number of hydrogen-bond acceptors (Lipinski definition) is 5. The van der Waals surface area contributed by atoms with Crippen LogP contribution in [-0.4, -0.2) is 65.9 Å². The van der Waals surface area contributed by atoms with Gasteiger partial charge in [0.2, 0.25) is 5.91 Å². The molecule has 0 aromatic heterocycles. The van der Waals surface area contributed by atoms with Crippen LogP contribution in [0, 0.1) is 0 Å². The second-order valence-corrected chi connectivity index (χ2v) is 7.53. The van der Waals surface area contributed by atoms with E-state index in [9.17, 15) is 14.7 Å². The largest absolute Gasteiger partial charge is 0.504 e. The Morgan fingerprint density at radius 2 is 1.77 bits per heavy atom. The number of Topliss-reactive ketones (excluding diaryl/α,β-unsaturated/α-hetero) is 1. The van der Waals surface area contributed by atoms with E-state index in [2.05, 4.69) is 29.2 Å². The van der Waals surface area contributed by atoms with E-state index >= 15 is 0 Å². The van der Waals surface area contributed by atoms with Crippen LogP contribution < -0.4 is 4.74 Å². The Morgan fingerprint density at radius 3 is 2.48 bits per heavy atom. The van der Waals surface area contributed by atoms with Crippen molar-refractivity contribution in [1.82, 2.24) is 9.80 Å². The van der Waals surface area contributed by atoms with Crippen molar-refractivity contribution >= 4 is 17.8 Å². The average molecular weight is 423 g/mol. The number of phenolic OH excluding ortho intramolecular Hbond substituents is 1. The molecule has 1 saturated heterocycles. The summed E-state index contributed by atoms with van der Waals surface area (Å²) in [6, 6.07) is 14.7. The zero-order valence-corrected chi connectivity index (χ0v) is 18.0. The highest BCUT2D eigenvalue weighted by Crippen LogP contribution is 2.27. The SMILES string of the molecule is CCOc1cc(C(=O)CCC(=O)N2CCN(CC=Cc3ccccc3)CC2)ccc1O. The number of hydrogen-bond donors (Lipinski definition) is 1. The zero-order valence-electron chi connectivity index (χ0n) is 18.0. The Morgan fingerprint density at radius 1 is 1.03 bits per heavy atom. The zero-order chi connectivity index (χ0) is 22.1. The first-order valence-corrected chi connectivity index (χ1v) is 10.8. The second kappa shape index (κ2) is 11.3. The van der Waals surface area contributed by atoms with Gasteiger partial charge in [-0.2, -0.15) is 0 Å². The van der Waals surface area contributed by atoms with Gasteiger partial charge >= 0.3 is 0 Å². The van der Waals surface area contributed by atoms with Crippen molar-refractivity contribution in [2.45, 2.75) is 19.8 Å². The van der Waals surface area contributed by atoms with Gasteiger partial charge in [0.15, 0.2) is 17.3 Å². The highest BCUT2D eigenvalue weighted by molar-refractivity contribution is 5.98. The highest BCUT2D eigenvalue weighted by atomic mass is 16.5. The summed E-state index contributed by atoms with van der Waals surface area (Å²) in [5.74, 6) is 0.179. The van der Waals surface area contributed by atoms with E-state index in [1.807, 2.05) is 30.0 Å². The molecule has 1 fully saturated rings. The Bertz CT molecular complexity index is 903. The molecule has 0 atom stereocenters. The maximum Gasteiger partial charge on any atom is 0.223 e. The Balaban J connectivity index is 1.41. The summed E-state index contributed by atoms with van der Waals surface area (Å²) < 4.78 is 5.32. The number of ether oxygens (including phenoxy) is 1. The molecule has 1 amide bonds. The molecule has 0 bridgehead atoms. The van der Waals surface area contributed by atoms with Crippen LogP contribution in [-0.2, 0) is 4.79 Å². The number of benzene rings is 2. The molecule has 1 heterocycles. The molecule has 6 heteroatoms. The number of piperazine rings is 1. The van der Waals surface area contributed by atoms with Gasteiger partial charge in [0.25, 0.3) is 0 Å². The normalized spacial score (nSPS) is 14.7. The van der Waals surface area contributed by atoms with E-state index in [0.717, 1.165) is 19.6 Å². The fourth-order valence-corrected chi connectivity index (χ4v) is 3.56. The molecule has 2 aromatic rings. The molecule has 0 radical (unpaired) electrons. The molecular formula is C25H30N2O4. The lowest BCUT2D eigenvalue weighted by Crippen LogP contribution is -2.48. The average Bonchev–Trinajstić information content (AvgIpc) is 2.80. The fraction of sp³-hybridized carbons (Fsp3) is 0.360. The van der Waals surface area contributed by atoms with Crippen molar-refractivity contribution < 1.29 is 19.4 Å². The number of ketones is 1. The summed E-state index contributed by atoms with van der Waals surface area (Å²) >= 11 is 0. The summed E-state index contributed by atoms with van der Waals surface area (Å²) in [5.41, 5.74) is 1.63. The molecule has 6 nitrogen and oxygen atoms in total. The van der Waals surface area contributed by atoms with Crippen molar-refractivity contribution in [3.63, 3.8) is 0 Å². The second-order valence-electron chi connectivity index (χ2n) is 7.53. The smallest absolute Gasteiger partial charge is 0.223 e. The molecule has 0 unspecified atom stereocenters. The molecule has 1 aliphatic rings. The predicted octanol–water partition coefficient (Wildman–Crippen LogP) is 3.61. The molecule has 1 aliphatic heterocycles. The van der Waals surface area contributed by atoms with Crippen molar-refractivity contribution in [3.05, 3.63) is 65.7 Å². The van der Waals surface area contributed by atoms with Gasteiger partial charge in [0.05, 0.1) is 6.61 Å². The van der Waals surface area contributed by atoms with Crippen LogP contribution in [0.4, 0.5) is 0 Å². The summed E-state index contributed by atoms with van der Waals surface area (Å²) in [7, 11) is 0.